The molecule has 0 radical (unpaired) electrons. The third-order valence-electron chi connectivity index (χ3n) is 0.554. The van der Waals surface area contributed by atoms with Crippen LogP contribution in [0.1, 0.15) is 0 Å². The quantitative estimate of drug-likeness (QED) is 0.537. The SMILES string of the molecule is Sc1cc(Cl)co1. The minimum atomic E-state index is 0.546. The fourth-order valence-electron chi connectivity index (χ4n) is 0.303. The minimum Gasteiger partial charge on any atom is -0.457 e. The molecule has 0 aliphatic rings. The first-order valence-electron chi connectivity index (χ1n) is 1.72. The van der Waals surface area contributed by atoms with Gasteiger partial charge in [-0.2, -0.15) is 0 Å². The van der Waals surface area contributed by atoms with Crippen molar-refractivity contribution in [1.29, 1.82) is 0 Å². The summed E-state index contributed by atoms with van der Waals surface area (Å²) in [5, 5.41) is 1.13. The fraction of sp³-hybridized carbons (Fsp3) is 0. The highest BCUT2D eigenvalue weighted by Gasteiger charge is 1.89. The van der Waals surface area contributed by atoms with Crippen LogP contribution < -0.4 is 0 Å². The molecule has 0 fully saturated rings. The molecule has 0 atom stereocenters. The van der Waals surface area contributed by atoms with Crippen LogP contribution in [0.15, 0.2) is 21.8 Å². The van der Waals surface area contributed by atoms with Crippen LogP contribution in [0.4, 0.5) is 0 Å². The molecule has 1 heterocycles. The van der Waals surface area contributed by atoms with Gasteiger partial charge in [-0.25, -0.2) is 0 Å². The Kier molecular flexibility index (Phi) is 1.30. The van der Waals surface area contributed by atoms with Gasteiger partial charge in [-0.15, -0.1) is 12.6 Å². The molecule has 1 aromatic rings. The lowest BCUT2D eigenvalue weighted by molar-refractivity contribution is 0.476. The molecule has 0 unspecified atom stereocenters. The maximum atomic E-state index is 5.42. The van der Waals surface area contributed by atoms with Crippen LogP contribution >= 0.6 is 24.2 Å². The van der Waals surface area contributed by atoms with Crippen molar-refractivity contribution in [2.24, 2.45) is 0 Å². The normalized spacial score (nSPS) is 9.43. The van der Waals surface area contributed by atoms with E-state index in [1.54, 1.807) is 6.07 Å². The largest absolute Gasteiger partial charge is 0.457 e. The van der Waals surface area contributed by atoms with Crippen molar-refractivity contribution in [3.8, 4) is 0 Å². The highest BCUT2D eigenvalue weighted by Crippen LogP contribution is 2.14. The summed E-state index contributed by atoms with van der Waals surface area (Å²) in [5.41, 5.74) is 0. The van der Waals surface area contributed by atoms with Crippen molar-refractivity contribution >= 4 is 24.2 Å². The highest BCUT2D eigenvalue weighted by atomic mass is 35.5. The lowest BCUT2D eigenvalue weighted by Crippen LogP contribution is -1.40. The molecule has 0 bridgehead atoms. The first-order valence-corrected chi connectivity index (χ1v) is 2.54. The highest BCUT2D eigenvalue weighted by molar-refractivity contribution is 7.80. The molecule has 7 heavy (non-hydrogen) atoms. The summed E-state index contributed by atoms with van der Waals surface area (Å²) in [6.07, 6.45) is 1.43. The Hall–Kier alpha value is -0.0800. The van der Waals surface area contributed by atoms with E-state index in [0.29, 0.717) is 10.1 Å². The summed E-state index contributed by atoms with van der Waals surface area (Å²) < 4.78 is 4.70. The van der Waals surface area contributed by atoms with E-state index in [-0.39, 0.29) is 0 Å². The molecule has 0 amide bonds. The summed E-state index contributed by atoms with van der Waals surface area (Å²) in [6, 6.07) is 1.63. The Labute approximate surface area is 51.7 Å². The Morgan fingerprint density at radius 1 is 1.71 bits per heavy atom. The van der Waals surface area contributed by atoms with Gasteiger partial charge in [-0.3, -0.25) is 0 Å². The minimum absolute atomic E-state index is 0.546. The summed E-state index contributed by atoms with van der Waals surface area (Å²) in [4.78, 5) is 0. The number of hydrogen-bond donors (Lipinski definition) is 1. The van der Waals surface area contributed by atoms with E-state index < -0.39 is 0 Å². The molecular formula is C4H3ClOS. The molecule has 0 N–H and O–H groups in total. The summed E-state index contributed by atoms with van der Waals surface area (Å²) in [5.74, 6) is 0. The zero-order valence-corrected chi connectivity index (χ0v) is 5.04. The van der Waals surface area contributed by atoms with E-state index in [0.717, 1.165) is 0 Å². The average Bonchev–Trinajstić information content (AvgIpc) is 1.87. The van der Waals surface area contributed by atoms with Crippen LogP contribution in [0.25, 0.3) is 0 Å². The van der Waals surface area contributed by atoms with Crippen molar-refractivity contribution < 1.29 is 4.42 Å². The molecule has 0 aromatic carbocycles. The average molecular weight is 135 g/mol. The predicted molar refractivity (Wildman–Crippen MR) is 31.0 cm³/mol. The topological polar surface area (TPSA) is 13.1 Å². The van der Waals surface area contributed by atoms with Crippen LogP contribution in [0, 0.1) is 0 Å². The number of thiol groups is 1. The van der Waals surface area contributed by atoms with Crippen LogP contribution in [0.5, 0.6) is 0 Å². The van der Waals surface area contributed by atoms with Crippen LogP contribution in [-0.2, 0) is 0 Å². The fourth-order valence-corrected chi connectivity index (χ4v) is 0.714. The van der Waals surface area contributed by atoms with Gasteiger partial charge in [-0.1, -0.05) is 11.6 Å². The monoisotopic (exact) mass is 134 g/mol. The Morgan fingerprint density at radius 3 is 2.57 bits per heavy atom. The van der Waals surface area contributed by atoms with Crippen molar-refractivity contribution in [3.63, 3.8) is 0 Å². The second-order valence-corrected chi connectivity index (χ2v) is 1.98. The lowest BCUT2D eigenvalue weighted by Gasteiger charge is -1.67. The van der Waals surface area contributed by atoms with Gasteiger partial charge in [-0.05, 0) is 0 Å². The molecular weight excluding hydrogens is 132 g/mol. The Morgan fingerprint density at radius 2 is 2.43 bits per heavy atom. The molecule has 0 aliphatic heterocycles. The lowest BCUT2D eigenvalue weighted by atomic mass is 10.7. The van der Waals surface area contributed by atoms with Gasteiger partial charge in [0, 0.05) is 6.07 Å². The summed E-state index contributed by atoms with van der Waals surface area (Å²) in [6.45, 7) is 0. The first-order chi connectivity index (χ1) is 3.29. The Balaban J connectivity index is 3.04. The third-order valence-corrected chi connectivity index (χ3v) is 0.986. The third kappa shape index (κ3) is 1.14. The van der Waals surface area contributed by atoms with Crippen molar-refractivity contribution in [2.45, 2.75) is 5.09 Å². The van der Waals surface area contributed by atoms with Crippen LogP contribution in [-0.4, -0.2) is 0 Å². The molecule has 0 saturated carbocycles. The van der Waals surface area contributed by atoms with E-state index in [1.165, 1.54) is 6.26 Å². The number of rotatable bonds is 0. The molecule has 1 rings (SSSR count). The van der Waals surface area contributed by atoms with E-state index in [2.05, 4.69) is 12.6 Å². The second-order valence-electron chi connectivity index (χ2n) is 1.10. The van der Waals surface area contributed by atoms with Gasteiger partial charge in [0.25, 0.3) is 0 Å². The predicted octanol–water partition coefficient (Wildman–Crippen LogP) is 2.22. The number of halogens is 1. The molecule has 0 saturated heterocycles. The zero-order valence-electron chi connectivity index (χ0n) is 3.39. The summed E-state index contributed by atoms with van der Waals surface area (Å²) >= 11 is 9.27. The molecule has 0 aliphatic carbocycles. The smallest absolute Gasteiger partial charge is 0.158 e. The van der Waals surface area contributed by atoms with E-state index in [9.17, 15) is 0 Å². The van der Waals surface area contributed by atoms with Gasteiger partial charge in [0.1, 0.15) is 6.26 Å². The molecule has 1 aromatic heterocycles. The zero-order chi connectivity index (χ0) is 5.28. The van der Waals surface area contributed by atoms with Crippen molar-refractivity contribution in [2.75, 3.05) is 0 Å². The maximum absolute atomic E-state index is 5.42. The van der Waals surface area contributed by atoms with Crippen molar-refractivity contribution in [1.82, 2.24) is 0 Å². The van der Waals surface area contributed by atoms with Gasteiger partial charge >= 0.3 is 0 Å². The van der Waals surface area contributed by atoms with E-state index in [1.807, 2.05) is 0 Å². The van der Waals surface area contributed by atoms with Crippen molar-refractivity contribution in [3.05, 3.63) is 17.4 Å². The van der Waals surface area contributed by atoms with Crippen LogP contribution in [0.3, 0.4) is 0 Å². The standard InChI is InChI=1S/C4H3ClOS/c5-3-1-4(7)6-2-3/h1-2,7H. The number of furan rings is 1. The molecule has 38 valence electrons. The van der Waals surface area contributed by atoms with Gasteiger partial charge in [0.05, 0.1) is 5.02 Å². The first kappa shape index (κ1) is 5.06. The van der Waals surface area contributed by atoms with Crippen LogP contribution in [0.2, 0.25) is 5.02 Å². The molecule has 0 spiro atoms. The summed E-state index contributed by atoms with van der Waals surface area (Å²) in [7, 11) is 0. The second kappa shape index (κ2) is 1.80. The molecule has 3 heteroatoms. The number of hydrogen-bond acceptors (Lipinski definition) is 2. The van der Waals surface area contributed by atoms with E-state index >= 15 is 0 Å². The van der Waals surface area contributed by atoms with Gasteiger partial charge in [0.2, 0.25) is 0 Å². The van der Waals surface area contributed by atoms with E-state index in [4.69, 9.17) is 16.0 Å². The molecule has 1 nitrogen and oxygen atoms in total. The maximum Gasteiger partial charge on any atom is 0.158 e. The van der Waals surface area contributed by atoms with Gasteiger partial charge in [0.15, 0.2) is 5.09 Å². The Bertz CT molecular complexity index is 144. The van der Waals surface area contributed by atoms with Gasteiger partial charge < -0.3 is 4.42 Å².